The molecule has 0 atom stereocenters. The van der Waals surface area contributed by atoms with Crippen LogP contribution in [-0.2, 0) is 16.4 Å². The van der Waals surface area contributed by atoms with E-state index in [0.29, 0.717) is 12.1 Å². The zero-order valence-corrected chi connectivity index (χ0v) is 14.4. The first kappa shape index (κ1) is 16.7. The number of halogens is 1. The van der Waals surface area contributed by atoms with E-state index in [9.17, 15) is 13.2 Å². The SMILES string of the molecule is CCc1c(C(=O)c2ccc(Cl)c(S(N)(=O)=O)c2)[nH]c2ccccc12. The molecule has 3 rings (SSSR count). The number of benzene rings is 2. The highest BCUT2D eigenvalue weighted by atomic mass is 35.5. The first-order valence-corrected chi connectivity index (χ1v) is 9.22. The van der Waals surface area contributed by atoms with E-state index in [2.05, 4.69) is 4.98 Å². The number of aryl methyl sites for hydroxylation is 1. The Hall–Kier alpha value is -2.15. The van der Waals surface area contributed by atoms with E-state index >= 15 is 0 Å². The number of hydrogen-bond acceptors (Lipinski definition) is 3. The smallest absolute Gasteiger partial charge is 0.239 e. The molecule has 0 amide bonds. The van der Waals surface area contributed by atoms with Crippen LogP contribution in [0.25, 0.3) is 10.9 Å². The van der Waals surface area contributed by atoms with Crippen molar-refractivity contribution in [1.29, 1.82) is 0 Å². The van der Waals surface area contributed by atoms with E-state index in [1.807, 2.05) is 31.2 Å². The van der Waals surface area contributed by atoms with Crippen LogP contribution in [0.3, 0.4) is 0 Å². The normalized spacial score (nSPS) is 11.8. The number of para-hydroxylation sites is 1. The van der Waals surface area contributed by atoms with Crippen molar-refractivity contribution in [2.75, 3.05) is 0 Å². The average molecular weight is 363 g/mol. The first-order valence-electron chi connectivity index (χ1n) is 7.29. The van der Waals surface area contributed by atoms with Gasteiger partial charge in [0, 0.05) is 16.5 Å². The number of rotatable bonds is 4. The fourth-order valence-electron chi connectivity index (χ4n) is 2.77. The second kappa shape index (κ2) is 6.05. The minimum absolute atomic E-state index is 0.0126. The standard InChI is InChI=1S/C17H15ClN2O3S/c1-2-11-12-5-3-4-6-14(12)20-16(11)17(21)10-7-8-13(18)15(9-10)24(19,22)23/h3-9,20H,2H2,1H3,(H2,19,22,23). The van der Waals surface area contributed by atoms with Gasteiger partial charge in [-0.1, -0.05) is 36.7 Å². The van der Waals surface area contributed by atoms with Gasteiger partial charge in [-0.2, -0.15) is 0 Å². The van der Waals surface area contributed by atoms with Crippen LogP contribution in [0, 0.1) is 0 Å². The molecule has 3 N–H and O–H groups in total. The van der Waals surface area contributed by atoms with Crippen molar-refractivity contribution < 1.29 is 13.2 Å². The lowest BCUT2D eigenvalue weighted by Crippen LogP contribution is -2.14. The van der Waals surface area contributed by atoms with E-state index in [-0.39, 0.29) is 21.3 Å². The number of hydrogen-bond donors (Lipinski definition) is 2. The molecule has 0 spiro atoms. The molecular weight excluding hydrogens is 348 g/mol. The molecule has 0 aliphatic carbocycles. The summed E-state index contributed by atoms with van der Waals surface area (Å²) in [7, 11) is -4.01. The molecule has 0 aliphatic rings. The Morgan fingerprint density at radius 3 is 2.58 bits per heavy atom. The van der Waals surface area contributed by atoms with Crippen LogP contribution in [0.5, 0.6) is 0 Å². The molecule has 24 heavy (non-hydrogen) atoms. The number of carbonyl (C=O) groups excluding carboxylic acids is 1. The second-order valence-corrected chi connectivity index (χ2v) is 7.33. The van der Waals surface area contributed by atoms with Crippen molar-refractivity contribution in [2.45, 2.75) is 18.2 Å². The predicted molar refractivity (Wildman–Crippen MR) is 93.9 cm³/mol. The first-order chi connectivity index (χ1) is 11.3. The average Bonchev–Trinajstić information content (AvgIpc) is 2.92. The Bertz CT molecular complexity index is 1050. The van der Waals surface area contributed by atoms with Crippen LogP contribution in [0.2, 0.25) is 5.02 Å². The number of sulfonamides is 1. The molecule has 0 saturated carbocycles. The summed E-state index contributed by atoms with van der Waals surface area (Å²) >= 11 is 5.88. The maximum Gasteiger partial charge on any atom is 0.239 e. The number of aromatic amines is 1. The highest BCUT2D eigenvalue weighted by molar-refractivity contribution is 7.89. The minimum atomic E-state index is -4.01. The molecule has 7 heteroatoms. The molecule has 1 aromatic heterocycles. The van der Waals surface area contributed by atoms with E-state index < -0.39 is 10.0 Å². The number of nitrogens with two attached hydrogens (primary N) is 1. The fraction of sp³-hybridized carbons (Fsp3) is 0.118. The lowest BCUT2D eigenvalue weighted by Gasteiger charge is -2.06. The van der Waals surface area contributed by atoms with Gasteiger partial charge in [0.2, 0.25) is 15.8 Å². The van der Waals surface area contributed by atoms with Crippen molar-refractivity contribution in [3.8, 4) is 0 Å². The Morgan fingerprint density at radius 1 is 1.21 bits per heavy atom. The molecule has 0 bridgehead atoms. The van der Waals surface area contributed by atoms with Crippen LogP contribution in [0.15, 0.2) is 47.4 Å². The van der Waals surface area contributed by atoms with Crippen LogP contribution < -0.4 is 5.14 Å². The third-order valence-corrected chi connectivity index (χ3v) is 5.29. The zero-order chi connectivity index (χ0) is 17.5. The molecule has 0 saturated heterocycles. The number of nitrogens with one attached hydrogen (secondary N) is 1. The molecule has 0 aliphatic heterocycles. The van der Waals surface area contributed by atoms with Gasteiger partial charge in [-0.3, -0.25) is 4.79 Å². The maximum absolute atomic E-state index is 12.9. The molecule has 2 aromatic carbocycles. The molecule has 124 valence electrons. The third kappa shape index (κ3) is 2.84. The van der Waals surface area contributed by atoms with E-state index in [0.717, 1.165) is 16.5 Å². The summed E-state index contributed by atoms with van der Waals surface area (Å²) in [6.45, 7) is 1.96. The van der Waals surface area contributed by atoms with Crippen molar-refractivity contribution in [1.82, 2.24) is 4.98 Å². The van der Waals surface area contributed by atoms with Crippen LogP contribution in [0.4, 0.5) is 0 Å². The molecule has 0 unspecified atom stereocenters. The monoisotopic (exact) mass is 362 g/mol. The molecule has 0 fully saturated rings. The number of primary sulfonamides is 1. The largest absolute Gasteiger partial charge is 0.352 e. The summed E-state index contributed by atoms with van der Waals surface area (Å²) in [5.41, 5.74) is 2.41. The third-order valence-electron chi connectivity index (χ3n) is 3.89. The van der Waals surface area contributed by atoms with Gasteiger partial charge < -0.3 is 4.98 Å². The number of ketones is 1. The molecule has 3 aromatic rings. The highest BCUT2D eigenvalue weighted by Crippen LogP contribution is 2.27. The Labute approximate surface area is 144 Å². The second-order valence-electron chi connectivity index (χ2n) is 5.40. The van der Waals surface area contributed by atoms with Crippen molar-refractivity contribution in [2.24, 2.45) is 5.14 Å². The van der Waals surface area contributed by atoms with Gasteiger partial charge in [-0.15, -0.1) is 0 Å². The summed E-state index contributed by atoms with van der Waals surface area (Å²) in [5, 5.41) is 6.11. The zero-order valence-electron chi connectivity index (χ0n) is 12.8. The summed E-state index contributed by atoms with van der Waals surface area (Å²) in [4.78, 5) is 15.7. The van der Waals surface area contributed by atoms with Gasteiger partial charge in [0.05, 0.1) is 10.7 Å². The summed E-state index contributed by atoms with van der Waals surface area (Å²) in [6.07, 6.45) is 0.667. The predicted octanol–water partition coefficient (Wildman–Crippen LogP) is 3.26. The van der Waals surface area contributed by atoms with Crippen molar-refractivity contribution >= 4 is 38.3 Å². The van der Waals surface area contributed by atoms with E-state index in [1.54, 1.807) is 0 Å². The van der Waals surface area contributed by atoms with Gasteiger partial charge in [-0.05, 0) is 36.2 Å². The lowest BCUT2D eigenvalue weighted by atomic mass is 10.0. The Kier molecular flexibility index (Phi) is 4.21. The Balaban J connectivity index is 2.17. The van der Waals surface area contributed by atoms with Gasteiger partial charge in [-0.25, -0.2) is 13.6 Å². The highest BCUT2D eigenvalue weighted by Gasteiger charge is 2.21. The van der Waals surface area contributed by atoms with Crippen LogP contribution in [-0.4, -0.2) is 19.2 Å². The summed E-state index contributed by atoms with van der Waals surface area (Å²) < 4.78 is 23.2. The van der Waals surface area contributed by atoms with Gasteiger partial charge in [0.25, 0.3) is 0 Å². The quantitative estimate of drug-likeness (QED) is 0.697. The van der Waals surface area contributed by atoms with Gasteiger partial charge in [0.15, 0.2) is 0 Å². The Morgan fingerprint density at radius 2 is 1.92 bits per heavy atom. The van der Waals surface area contributed by atoms with E-state index in [1.165, 1.54) is 18.2 Å². The maximum atomic E-state index is 12.9. The molecule has 0 radical (unpaired) electrons. The van der Waals surface area contributed by atoms with E-state index in [4.69, 9.17) is 16.7 Å². The summed E-state index contributed by atoms with van der Waals surface area (Å²) in [5.74, 6) is -0.301. The van der Waals surface area contributed by atoms with Crippen LogP contribution >= 0.6 is 11.6 Å². The van der Waals surface area contributed by atoms with Crippen LogP contribution in [0.1, 0.15) is 28.5 Å². The number of carbonyl (C=O) groups is 1. The number of aromatic nitrogens is 1. The van der Waals surface area contributed by atoms with Crippen molar-refractivity contribution in [3.05, 3.63) is 64.3 Å². The lowest BCUT2D eigenvalue weighted by molar-refractivity contribution is 0.103. The molecule has 5 nitrogen and oxygen atoms in total. The minimum Gasteiger partial charge on any atom is -0.352 e. The van der Waals surface area contributed by atoms with Gasteiger partial charge in [0.1, 0.15) is 4.90 Å². The summed E-state index contributed by atoms with van der Waals surface area (Å²) in [6, 6.07) is 11.7. The number of fused-ring (bicyclic) bond motifs is 1. The number of H-pyrrole nitrogens is 1. The van der Waals surface area contributed by atoms with Gasteiger partial charge >= 0.3 is 0 Å². The molecular formula is C17H15ClN2O3S. The molecule has 1 heterocycles. The topological polar surface area (TPSA) is 93.0 Å². The fourth-order valence-corrected chi connectivity index (χ4v) is 3.84. The van der Waals surface area contributed by atoms with Crippen molar-refractivity contribution in [3.63, 3.8) is 0 Å².